The molecule has 0 unspecified atom stereocenters. The molecular formula is C19H19NO3S2. The smallest absolute Gasteiger partial charge is 0.217 e. The molecule has 0 saturated carbocycles. The van der Waals surface area contributed by atoms with Crippen LogP contribution in [-0.4, -0.2) is 18.5 Å². The third-order valence-corrected chi connectivity index (χ3v) is 7.48. The topological polar surface area (TPSA) is 67.3 Å². The lowest BCUT2D eigenvalue weighted by Gasteiger charge is -2.17. The number of hydrogen-bond acceptors (Lipinski definition) is 5. The molecule has 0 atom stereocenters. The van der Waals surface area contributed by atoms with Gasteiger partial charge in [-0.25, -0.2) is 13.4 Å². The Kier molecular flexibility index (Phi) is 4.53. The van der Waals surface area contributed by atoms with E-state index in [0.717, 1.165) is 5.56 Å². The van der Waals surface area contributed by atoms with Gasteiger partial charge in [-0.1, -0.05) is 42.5 Å². The van der Waals surface area contributed by atoms with Gasteiger partial charge in [-0.2, -0.15) is 0 Å². The van der Waals surface area contributed by atoms with E-state index in [2.05, 4.69) is 4.98 Å². The molecule has 0 amide bonds. The molecule has 1 aromatic heterocycles. The van der Waals surface area contributed by atoms with E-state index in [4.69, 9.17) is 0 Å². The molecule has 25 heavy (non-hydrogen) atoms. The molecule has 0 saturated heterocycles. The Balaban J connectivity index is 2.02. The average molecular weight is 373 g/mol. The molecule has 0 spiro atoms. The fourth-order valence-electron chi connectivity index (χ4n) is 2.48. The van der Waals surface area contributed by atoms with Crippen molar-refractivity contribution in [2.75, 3.05) is 0 Å². The Morgan fingerprint density at radius 2 is 1.60 bits per heavy atom. The fraction of sp³-hybridized carbons (Fsp3) is 0.211. The van der Waals surface area contributed by atoms with E-state index in [0.29, 0.717) is 16.3 Å². The van der Waals surface area contributed by atoms with Crippen LogP contribution in [0.1, 0.15) is 25.1 Å². The largest absolute Gasteiger partial charge is 0.386 e. The van der Waals surface area contributed by atoms with Crippen LogP contribution >= 0.6 is 11.3 Å². The molecule has 0 radical (unpaired) electrons. The van der Waals surface area contributed by atoms with Crippen LogP contribution in [0.3, 0.4) is 0 Å². The normalized spacial score (nSPS) is 12.3. The third-order valence-electron chi connectivity index (χ3n) is 3.89. The summed E-state index contributed by atoms with van der Waals surface area (Å²) in [6, 6.07) is 15.9. The first-order valence-corrected chi connectivity index (χ1v) is 10.1. The Morgan fingerprint density at radius 3 is 2.16 bits per heavy atom. The Labute approximate surface area is 151 Å². The van der Waals surface area contributed by atoms with E-state index >= 15 is 0 Å². The fourth-order valence-corrected chi connectivity index (χ4v) is 5.40. The van der Waals surface area contributed by atoms with Crippen LogP contribution in [0.15, 0.2) is 63.7 Å². The van der Waals surface area contributed by atoms with Crippen LogP contribution in [0.25, 0.3) is 10.6 Å². The predicted molar refractivity (Wildman–Crippen MR) is 99.4 cm³/mol. The summed E-state index contributed by atoms with van der Waals surface area (Å²) in [4.78, 5) is 4.63. The van der Waals surface area contributed by atoms with Gasteiger partial charge >= 0.3 is 0 Å². The molecule has 0 fully saturated rings. The van der Waals surface area contributed by atoms with E-state index in [1.807, 2.05) is 30.3 Å². The minimum absolute atomic E-state index is 0.201. The van der Waals surface area contributed by atoms with Crippen molar-refractivity contribution < 1.29 is 13.5 Å². The lowest BCUT2D eigenvalue weighted by Crippen LogP contribution is -2.15. The number of rotatable bonds is 4. The molecule has 4 nitrogen and oxygen atoms in total. The number of hydrogen-bond donors (Lipinski definition) is 1. The molecule has 2 aromatic carbocycles. The Hall–Kier alpha value is -2.02. The summed E-state index contributed by atoms with van der Waals surface area (Å²) in [6.07, 6.45) is 0. The van der Waals surface area contributed by atoms with Gasteiger partial charge in [0.15, 0.2) is 0 Å². The van der Waals surface area contributed by atoms with Crippen molar-refractivity contribution in [1.29, 1.82) is 0 Å². The van der Waals surface area contributed by atoms with Crippen molar-refractivity contribution in [1.82, 2.24) is 4.98 Å². The molecule has 0 bridgehead atoms. The van der Waals surface area contributed by atoms with Gasteiger partial charge in [0.25, 0.3) is 0 Å². The van der Waals surface area contributed by atoms with Crippen molar-refractivity contribution >= 4 is 21.2 Å². The molecule has 3 rings (SSSR count). The average Bonchev–Trinajstić information content (AvgIpc) is 2.98. The summed E-state index contributed by atoms with van der Waals surface area (Å²) >= 11 is 1.18. The maximum absolute atomic E-state index is 13.0. The quantitative estimate of drug-likeness (QED) is 0.745. The molecule has 0 aliphatic heterocycles. The van der Waals surface area contributed by atoms with Gasteiger partial charge in [-0.3, -0.25) is 0 Å². The number of aromatic nitrogens is 1. The number of aliphatic hydroxyl groups is 1. The molecule has 0 aliphatic carbocycles. The van der Waals surface area contributed by atoms with E-state index in [-0.39, 0.29) is 9.10 Å². The van der Waals surface area contributed by atoms with Crippen LogP contribution in [0, 0.1) is 6.92 Å². The van der Waals surface area contributed by atoms with Crippen molar-refractivity contribution in [3.63, 3.8) is 0 Å². The number of thiazole rings is 1. The van der Waals surface area contributed by atoms with Crippen LogP contribution in [0.2, 0.25) is 0 Å². The van der Waals surface area contributed by atoms with Gasteiger partial charge in [0.1, 0.15) is 9.22 Å². The molecule has 130 valence electrons. The zero-order chi connectivity index (χ0) is 18.2. The number of benzene rings is 2. The van der Waals surface area contributed by atoms with Gasteiger partial charge in [-0.15, -0.1) is 11.3 Å². The summed E-state index contributed by atoms with van der Waals surface area (Å²) in [5.74, 6) is 0. The number of aryl methyl sites for hydroxylation is 1. The van der Waals surface area contributed by atoms with Crippen molar-refractivity contribution in [2.45, 2.75) is 35.5 Å². The highest BCUT2D eigenvalue weighted by Crippen LogP contribution is 2.34. The predicted octanol–water partition coefficient (Wildman–Crippen LogP) is 4.18. The Bertz CT molecular complexity index is 983. The first kappa shape index (κ1) is 17.8. The van der Waals surface area contributed by atoms with E-state index in [1.165, 1.54) is 23.5 Å². The van der Waals surface area contributed by atoms with E-state index in [1.54, 1.807) is 32.9 Å². The maximum atomic E-state index is 13.0. The van der Waals surface area contributed by atoms with Crippen molar-refractivity contribution in [2.24, 2.45) is 0 Å². The zero-order valence-electron chi connectivity index (χ0n) is 14.2. The van der Waals surface area contributed by atoms with Gasteiger partial charge in [-0.05, 0) is 38.5 Å². The Morgan fingerprint density at radius 1 is 1.00 bits per heavy atom. The van der Waals surface area contributed by atoms with Crippen molar-refractivity contribution in [3.05, 3.63) is 65.9 Å². The van der Waals surface area contributed by atoms with Crippen LogP contribution in [0.5, 0.6) is 0 Å². The first-order chi connectivity index (χ1) is 11.7. The minimum atomic E-state index is -3.64. The SMILES string of the molecule is Cc1nc(-c2ccccc2)sc1S(=O)(=O)c1ccc(C(C)(C)O)cc1. The van der Waals surface area contributed by atoms with E-state index in [9.17, 15) is 13.5 Å². The second-order valence-electron chi connectivity index (χ2n) is 6.34. The van der Waals surface area contributed by atoms with E-state index < -0.39 is 15.4 Å². The summed E-state index contributed by atoms with van der Waals surface area (Å²) in [5, 5.41) is 10.7. The summed E-state index contributed by atoms with van der Waals surface area (Å²) in [6.45, 7) is 5.03. The van der Waals surface area contributed by atoms with Gasteiger partial charge < -0.3 is 5.11 Å². The van der Waals surface area contributed by atoms with Crippen LogP contribution in [0.4, 0.5) is 0 Å². The maximum Gasteiger partial charge on any atom is 0.217 e. The van der Waals surface area contributed by atoms with Crippen LogP contribution < -0.4 is 0 Å². The summed E-state index contributed by atoms with van der Waals surface area (Å²) in [7, 11) is -3.64. The summed E-state index contributed by atoms with van der Waals surface area (Å²) in [5.41, 5.74) is 1.05. The molecule has 6 heteroatoms. The lowest BCUT2D eigenvalue weighted by atomic mass is 9.99. The second-order valence-corrected chi connectivity index (χ2v) is 9.49. The number of sulfone groups is 1. The second kappa shape index (κ2) is 6.37. The standard InChI is InChI=1S/C19H19NO3S2/c1-13-18(24-17(20-13)14-7-5-4-6-8-14)25(22,23)16-11-9-15(10-12-16)19(2,3)21/h4-12,21H,1-3H3. The van der Waals surface area contributed by atoms with Crippen molar-refractivity contribution in [3.8, 4) is 10.6 Å². The molecule has 1 N–H and O–H groups in total. The first-order valence-electron chi connectivity index (χ1n) is 7.80. The molecule has 0 aliphatic rings. The molecule has 3 aromatic rings. The minimum Gasteiger partial charge on any atom is -0.386 e. The van der Waals surface area contributed by atoms with Gasteiger partial charge in [0.05, 0.1) is 16.2 Å². The highest BCUT2D eigenvalue weighted by Gasteiger charge is 2.25. The third kappa shape index (κ3) is 3.51. The highest BCUT2D eigenvalue weighted by molar-refractivity contribution is 7.93. The van der Waals surface area contributed by atoms with Crippen LogP contribution in [-0.2, 0) is 15.4 Å². The summed E-state index contributed by atoms with van der Waals surface area (Å²) < 4.78 is 26.2. The molecule has 1 heterocycles. The number of nitrogens with zero attached hydrogens (tertiary/aromatic N) is 1. The lowest BCUT2D eigenvalue weighted by molar-refractivity contribution is 0.0785. The highest BCUT2D eigenvalue weighted by atomic mass is 32.2. The monoisotopic (exact) mass is 373 g/mol. The van der Waals surface area contributed by atoms with Gasteiger partial charge in [0, 0.05) is 5.56 Å². The zero-order valence-corrected chi connectivity index (χ0v) is 15.9. The molecular weight excluding hydrogens is 354 g/mol. The van der Waals surface area contributed by atoms with Gasteiger partial charge in [0.2, 0.25) is 9.84 Å².